The quantitative estimate of drug-likeness (QED) is 0.900. The molecule has 2 aromatic rings. The molecule has 0 unspecified atom stereocenters. The second-order valence-corrected chi connectivity index (χ2v) is 4.46. The maximum absolute atomic E-state index is 12.3. The fourth-order valence-electron chi connectivity index (χ4n) is 2.27. The summed E-state index contributed by atoms with van der Waals surface area (Å²) in [5.74, 6) is 0.699. The summed E-state index contributed by atoms with van der Waals surface area (Å²) in [5.41, 5.74) is 3.04. The molecular formula is C16H14N2O2. The third-order valence-electron chi connectivity index (χ3n) is 3.27. The van der Waals surface area contributed by atoms with Crippen LogP contribution in [0.2, 0.25) is 0 Å². The minimum absolute atomic E-state index is 0.220. The average Bonchev–Trinajstić information content (AvgIpc) is 2.47. The topological polar surface area (TPSA) is 41.6 Å². The van der Waals surface area contributed by atoms with Crippen LogP contribution < -0.4 is 15.0 Å². The van der Waals surface area contributed by atoms with Crippen molar-refractivity contribution in [3.05, 3.63) is 60.7 Å². The normalized spacial score (nSPS) is 13.8. The van der Waals surface area contributed by atoms with Gasteiger partial charge in [0.1, 0.15) is 5.75 Å². The van der Waals surface area contributed by atoms with E-state index >= 15 is 0 Å². The second-order valence-electron chi connectivity index (χ2n) is 4.46. The lowest BCUT2D eigenvalue weighted by Crippen LogP contribution is -2.37. The van der Waals surface area contributed by atoms with Crippen molar-refractivity contribution in [3.8, 4) is 5.75 Å². The summed E-state index contributed by atoms with van der Waals surface area (Å²) in [6.45, 7) is 4.04. The van der Waals surface area contributed by atoms with Crippen LogP contribution in [0.25, 0.3) is 5.70 Å². The molecule has 0 spiro atoms. The predicted octanol–water partition coefficient (Wildman–Crippen LogP) is 3.72. The van der Waals surface area contributed by atoms with E-state index in [1.807, 2.05) is 42.5 Å². The lowest BCUT2D eigenvalue weighted by molar-refractivity contribution is 0.259. The molecule has 3 rings (SSSR count). The van der Waals surface area contributed by atoms with Gasteiger partial charge in [-0.05, 0) is 24.3 Å². The van der Waals surface area contributed by atoms with Crippen LogP contribution in [0.3, 0.4) is 0 Å². The van der Waals surface area contributed by atoms with Gasteiger partial charge in [-0.25, -0.2) is 4.79 Å². The van der Waals surface area contributed by atoms with Crippen molar-refractivity contribution in [2.24, 2.45) is 0 Å². The van der Waals surface area contributed by atoms with Crippen molar-refractivity contribution >= 4 is 23.1 Å². The number of carbonyl (C=O) groups excluding carboxylic acids is 1. The summed E-state index contributed by atoms with van der Waals surface area (Å²) in [6.07, 6.45) is 0. The molecule has 4 heteroatoms. The molecular weight excluding hydrogens is 252 g/mol. The number of methoxy groups -OCH3 is 1. The number of carbonyl (C=O) groups is 1. The first-order valence-corrected chi connectivity index (χ1v) is 6.24. The molecule has 1 aliphatic heterocycles. The molecule has 0 atom stereocenters. The number of para-hydroxylation sites is 1. The van der Waals surface area contributed by atoms with Crippen molar-refractivity contribution in [1.82, 2.24) is 0 Å². The van der Waals surface area contributed by atoms with E-state index in [2.05, 4.69) is 11.9 Å². The van der Waals surface area contributed by atoms with Crippen LogP contribution in [-0.4, -0.2) is 13.1 Å². The maximum Gasteiger partial charge on any atom is 0.330 e. The van der Waals surface area contributed by atoms with Crippen LogP contribution in [0.5, 0.6) is 5.75 Å². The maximum atomic E-state index is 12.3. The standard InChI is InChI=1S/C16H14N2O2/c1-11-14-9-8-13(20-2)10-15(14)17-16(19)18(11)12-6-4-3-5-7-12/h3-10H,1H2,2H3,(H,17,19). The third kappa shape index (κ3) is 1.91. The first-order valence-electron chi connectivity index (χ1n) is 6.24. The number of amides is 2. The van der Waals surface area contributed by atoms with Gasteiger partial charge in [-0.2, -0.15) is 0 Å². The Labute approximate surface area is 117 Å². The Bertz CT molecular complexity index is 680. The number of benzene rings is 2. The van der Waals surface area contributed by atoms with Crippen LogP contribution in [0, 0.1) is 0 Å². The van der Waals surface area contributed by atoms with Gasteiger partial charge in [0.05, 0.1) is 24.2 Å². The number of anilines is 2. The fraction of sp³-hybridized carbons (Fsp3) is 0.0625. The number of fused-ring (bicyclic) bond motifs is 1. The number of nitrogens with one attached hydrogen (secondary N) is 1. The van der Waals surface area contributed by atoms with Crippen LogP contribution in [0.4, 0.5) is 16.2 Å². The van der Waals surface area contributed by atoms with E-state index in [-0.39, 0.29) is 6.03 Å². The minimum Gasteiger partial charge on any atom is -0.497 e. The van der Waals surface area contributed by atoms with Gasteiger partial charge >= 0.3 is 6.03 Å². The van der Waals surface area contributed by atoms with Gasteiger partial charge in [-0.1, -0.05) is 24.8 Å². The number of hydrogen-bond donors (Lipinski definition) is 1. The van der Waals surface area contributed by atoms with Crippen molar-refractivity contribution in [2.75, 3.05) is 17.3 Å². The Kier molecular flexibility index (Phi) is 2.91. The van der Waals surface area contributed by atoms with E-state index in [0.717, 1.165) is 11.3 Å². The zero-order chi connectivity index (χ0) is 14.1. The number of rotatable bonds is 2. The van der Waals surface area contributed by atoms with Gasteiger partial charge in [0.2, 0.25) is 0 Å². The number of urea groups is 1. The Morgan fingerprint density at radius 2 is 1.90 bits per heavy atom. The molecule has 0 aliphatic carbocycles. The second kappa shape index (κ2) is 4.74. The van der Waals surface area contributed by atoms with E-state index in [0.29, 0.717) is 17.1 Å². The van der Waals surface area contributed by atoms with E-state index in [1.165, 1.54) is 0 Å². The Balaban J connectivity index is 2.05. The van der Waals surface area contributed by atoms with Crippen molar-refractivity contribution in [2.45, 2.75) is 0 Å². The van der Waals surface area contributed by atoms with Gasteiger partial charge in [0, 0.05) is 11.6 Å². The first kappa shape index (κ1) is 12.3. The highest BCUT2D eigenvalue weighted by Gasteiger charge is 2.27. The van der Waals surface area contributed by atoms with Crippen LogP contribution in [0.15, 0.2) is 55.1 Å². The third-order valence-corrected chi connectivity index (χ3v) is 3.27. The van der Waals surface area contributed by atoms with Crippen molar-refractivity contribution < 1.29 is 9.53 Å². The lowest BCUT2D eigenvalue weighted by atomic mass is 10.1. The molecule has 1 N–H and O–H groups in total. The van der Waals surface area contributed by atoms with Gasteiger partial charge in [-0.15, -0.1) is 0 Å². The van der Waals surface area contributed by atoms with Crippen LogP contribution >= 0.6 is 0 Å². The zero-order valence-corrected chi connectivity index (χ0v) is 11.1. The summed E-state index contributed by atoms with van der Waals surface area (Å²) in [6, 6.07) is 14.8. The highest BCUT2D eigenvalue weighted by atomic mass is 16.5. The largest absolute Gasteiger partial charge is 0.497 e. The molecule has 20 heavy (non-hydrogen) atoms. The number of nitrogens with zero attached hydrogens (tertiary/aromatic N) is 1. The minimum atomic E-state index is -0.220. The molecule has 0 saturated heterocycles. The number of hydrogen-bond acceptors (Lipinski definition) is 2. The molecule has 0 radical (unpaired) electrons. The van der Waals surface area contributed by atoms with E-state index < -0.39 is 0 Å². The fourth-order valence-corrected chi connectivity index (χ4v) is 2.27. The highest BCUT2D eigenvalue weighted by Crippen LogP contribution is 2.36. The molecule has 0 saturated carbocycles. The monoisotopic (exact) mass is 266 g/mol. The molecule has 0 aromatic heterocycles. The van der Waals surface area contributed by atoms with Gasteiger partial charge in [0.15, 0.2) is 0 Å². The summed E-state index contributed by atoms with van der Waals surface area (Å²) in [7, 11) is 1.59. The molecule has 0 fully saturated rings. The van der Waals surface area contributed by atoms with Crippen molar-refractivity contribution in [1.29, 1.82) is 0 Å². The summed E-state index contributed by atoms with van der Waals surface area (Å²) >= 11 is 0. The highest BCUT2D eigenvalue weighted by molar-refractivity contribution is 6.16. The van der Waals surface area contributed by atoms with E-state index in [9.17, 15) is 4.79 Å². The van der Waals surface area contributed by atoms with Gasteiger partial charge in [0.25, 0.3) is 0 Å². The Morgan fingerprint density at radius 1 is 1.15 bits per heavy atom. The summed E-state index contributed by atoms with van der Waals surface area (Å²) in [4.78, 5) is 13.8. The van der Waals surface area contributed by atoms with Crippen LogP contribution in [0.1, 0.15) is 5.56 Å². The number of ether oxygens (including phenoxy) is 1. The molecule has 1 heterocycles. The van der Waals surface area contributed by atoms with Gasteiger partial charge < -0.3 is 10.1 Å². The Morgan fingerprint density at radius 3 is 2.60 bits per heavy atom. The predicted molar refractivity (Wildman–Crippen MR) is 80.0 cm³/mol. The SMILES string of the molecule is C=C1c2ccc(OC)cc2NC(=O)N1c1ccccc1. The van der Waals surface area contributed by atoms with Crippen molar-refractivity contribution in [3.63, 3.8) is 0 Å². The molecule has 0 bridgehead atoms. The molecule has 4 nitrogen and oxygen atoms in total. The Hall–Kier alpha value is -2.75. The summed E-state index contributed by atoms with van der Waals surface area (Å²) < 4.78 is 5.17. The lowest BCUT2D eigenvalue weighted by Gasteiger charge is -2.31. The zero-order valence-electron chi connectivity index (χ0n) is 11.1. The first-order chi connectivity index (χ1) is 9.70. The molecule has 2 amide bonds. The van der Waals surface area contributed by atoms with E-state index in [1.54, 1.807) is 18.1 Å². The van der Waals surface area contributed by atoms with Crippen LogP contribution in [-0.2, 0) is 0 Å². The summed E-state index contributed by atoms with van der Waals surface area (Å²) in [5, 5.41) is 2.86. The molecule has 1 aliphatic rings. The average molecular weight is 266 g/mol. The molecule has 2 aromatic carbocycles. The van der Waals surface area contributed by atoms with Gasteiger partial charge in [-0.3, -0.25) is 4.90 Å². The molecule has 100 valence electrons. The van der Waals surface area contributed by atoms with E-state index in [4.69, 9.17) is 4.74 Å². The smallest absolute Gasteiger partial charge is 0.330 e.